The standard InChI is InChI=1S/C27H36N4O/c1-8-11-31-25-13-20(4)22(14-24(25)21(5)15-27(31,6)7)16-29-30-26(32)17-28-23-10-9-18(2)19(3)12-23/h9-10,12-16,28H,8,11,17H2,1-7H3,(H,30,32)/b29-16-. The van der Waals surface area contributed by atoms with Gasteiger partial charge in [0.2, 0.25) is 0 Å². The highest BCUT2D eigenvalue weighted by molar-refractivity contribution is 5.90. The number of hydrazone groups is 1. The van der Waals surface area contributed by atoms with Gasteiger partial charge >= 0.3 is 0 Å². The maximum absolute atomic E-state index is 12.2. The number of hydrogen-bond donors (Lipinski definition) is 2. The van der Waals surface area contributed by atoms with Gasteiger partial charge in [-0.25, -0.2) is 5.43 Å². The van der Waals surface area contributed by atoms with Crippen LogP contribution in [-0.4, -0.2) is 30.8 Å². The molecule has 1 aliphatic rings. The molecular weight excluding hydrogens is 396 g/mol. The molecule has 0 radical (unpaired) electrons. The van der Waals surface area contributed by atoms with E-state index in [1.165, 1.54) is 28.0 Å². The summed E-state index contributed by atoms with van der Waals surface area (Å²) in [7, 11) is 0. The largest absolute Gasteiger partial charge is 0.376 e. The van der Waals surface area contributed by atoms with Crippen LogP contribution in [0.25, 0.3) is 5.57 Å². The van der Waals surface area contributed by atoms with Crippen molar-refractivity contribution in [2.75, 3.05) is 23.3 Å². The van der Waals surface area contributed by atoms with E-state index in [2.05, 4.69) is 87.4 Å². The quantitative estimate of drug-likeness (QED) is 0.443. The molecule has 32 heavy (non-hydrogen) atoms. The third-order valence-electron chi connectivity index (χ3n) is 6.17. The first kappa shape index (κ1) is 23.6. The molecule has 0 spiro atoms. The molecule has 0 fully saturated rings. The third kappa shape index (κ3) is 5.21. The fourth-order valence-corrected chi connectivity index (χ4v) is 4.26. The number of fused-ring (bicyclic) bond motifs is 1. The number of allylic oxidation sites excluding steroid dienone is 1. The zero-order valence-corrected chi connectivity index (χ0v) is 20.5. The van der Waals surface area contributed by atoms with Crippen LogP contribution in [0.1, 0.15) is 61.9 Å². The number of rotatable bonds is 7. The Kier molecular flexibility index (Phi) is 7.07. The lowest BCUT2D eigenvalue weighted by Crippen LogP contribution is -2.45. The van der Waals surface area contributed by atoms with E-state index >= 15 is 0 Å². The summed E-state index contributed by atoms with van der Waals surface area (Å²) in [5, 5.41) is 7.35. The summed E-state index contributed by atoms with van der Waals surface area (Å²) in [4.78, 5) is 14.7. The summed E-state index contributed by atoms with van der Waals surface area (Å²) >= 11 is 0. The predicted molar refractivity (Wildman–Crippen MR) is 137 cm³/mol. The molecule has 0 aromatic heterocycles. The van der Waals surface area contributed by atoms with Crippen LogP contribution < -0.4 is 15.6 Å². The second-order valence-electron chi connectivity index (χ2n) is 9.30. The molecule has 0 saturated carbocycles. The molecule has 2 aromatic carbocycles. The Labute approximate surface area is 192 Å². The Morgan fingerprint density at radius 1 is 1.06 bits per heavy atom. The lowest BCUT2D eigenvalue weighted by molar-refractivity contribution is -0.119. The van der Waals surface area contributed by atoms with Crippen LogP contribution in [0.5, 0.6) is 0 Å². The second kappa shape index (κ2) is 9.60. The average Bonchev–Trinajstić information content (AvgIpc) is 2.72. The summed E-state index contributed by atoms with van der Waals surface area (Å²) in [6.45, 7) is 16.3. The highest BCUT2D eigenvalue weighted by atomic mass is 16.2. The molecule has 170 valence electrons. The molecule has 1 aliphatic heterocycles. The Balaban J connectivity index is 1.69. The number of nitrogens with zero attached hydrogens (tertiary/aromatic N) is 2. The molecule has 1 heterocycles. The third-order valence-corrected chi connectivity index (χ3v) is 6.17. The number of hydrogen-bond acceptors (Lipinski definition) is 4. The molecule has 2 aromatic rings. The topological polar surface area (TPSA) is 56.7 Å². The molecule has 0 bridgehead atoms. The molecular formula is C27H36N4O. The van der Waals surface area contributed by atoms with Gasteiger partial charge in [0.25, 0.3) is 5.91 Å². The minimum absolute atomic E-state index is 0.00783. The number of amides is 1. The SMILES string of the molecule is CCCN1c2cc(C)c(/C=N\NC(=O)CNc3ccc(C)c(C)c3)cc2C(C)=CC1(C)C. The number of aryl methyl sites for hydroxylation is 3. The van der Waals surface area contributed by atoms with Crippen LogP contribution in [0.3, 0.4) is 0 Å². The first-order valence-corrected chi connectivity index (χ1v) is 11.4. The van der Waals surface area contributed by atoms with Crippen molar-refractivity contribution in [2.24, 2.45) is 5.10 Å². The van der Waals surface area contributed by atoms with Crippen molar-refractivity contribution in [1.82, 2.24) is 5.43 Å². The van der Waals surface area contributed by atoms with Gasteiger partial charge in [-0.1, -0.05) is 19.1 Å². The second-order valence-corrected chi connectivity index (χ2v) is 9.30. The van der Waals surface area contributed by atoms with Crippen molar-refractivity contribution in [3.05, 3.63) is 64.2 Å². The van der Waals surface area contributed by atoms with Crippen LogP contribution >= 0.6 is 0 Å². The van der Waals surface area contributed by atoms with Gasteiger partial charge in [0.05, 0.1) is 18.3 Å². The van der Waals surface area contributed by atoms with Crippen molar-refractivity contribution in [3.8, 4) is 0 Å². The van der Waals surface area contributed by atoms with Crippen molar-refractivity contribution >= 4 is 29.1 Å². The molecule has 0 aliphatic carbocycles. The van der Waals surface area contributed by atoms with Crippen molar-refractivity contribution in [1.29, 1.82) is 0 Å². The first-order chi connectivity index (χ1) is 15.1. The summed E-state index contributed by atoms with van der Waals surface area (Å²) in [6, 6.07) is 10.5. The number of carbonyl (C=O) groups excluding carboxylic acids is 1. The van der Waals surface area contributed by atoms with Gasteiger partial charge in [0.15, 0.2) is 0 Å². The van der Waals surface area contributed by atoms with E-state index in [9.17, 15) is 4.79 Å². The Morgan fingerprint density at radius 2 is 1.81 bits per heavy atom. The summed E-state index contributed by atoms with van der Waals surface area (Å²) < 4.78 is 0. The van der Waals surface area contributed by atoms with Crippen LogP contribution in [-0.2, 0) is 4.79 Å². The van der Waals surface area contributed by atoms with Gasteiger partial charge < -0.3 is 10.2 Å². The highest BCUT2D eigenvalue weighted by Crippen LogP contribution is 2.40. The van der Waals surface area contributed by atoms with E-state index in [1.807, 2.05) is 18.2 Å². The summed E-state index contributed by atoms with van der Waals surface area (Å²) in [6.07, 6.45) is 5.17. The number of carbonyl (C=O) groups is 1. The molecule has 0 saturated heterocycles. The van der Waals surface area contributed by atoms with E-state index in [1.54, 1.807) is 6.21 Å². The van der Waals surface area contributed by atoms with Gasteiger partial charge in [0.1, 0.15) is 0 Å². The fraction of sp³-hybridized carbons (Fsp3) is 0.407. The van der Waals surface area contributed by atoms with Gasteiger partial charge in [-0.15, -0.1) is 0 Å². The van der Waals surface area contributed by atoms with Crippen molar-refractivity contribution in [2.45, 2.75) is 60.4 Å². The lowest BCUT2D eigenvalue weighted by atomic mass is 9.87. The average molecular weight is 433 g/mol. The van der Waals surface area contributed by atoms with Crippen molar-refractivity contribution < 1.29 is 4.79 Å². The molecule has 5 heteroatoms. The van der Waals surface area contributed by atoms with Gasteiger partial charge in [-0.05, 0) is 100 Å². The maximum Gasteiger partial charge on any atom is 0.259 e. The molecule has 2 N–H and O–H groups in total. The smallest absolute Gasteiger partial charge is 0.259 e. The molecule has 1 amide bonds. The first-order valence-electron chi connectivity index (χ1n) is 11.4. The summed E-state index contributed by atoms with van der Waals surface area (Å²) in [5.41, 5.74) is 11.9. The van der Waals surface area contributed by atoms with Gasteiger partial charge in [0, 0.05) is 23.5 Å². The zero-order chi connectivity index (χ0) is 23.5. The van der Waals surface area contributed by atoms with E-state index in [-0.39, 0.29) is 18.0 Å². The normalized spacial score (nSPS) is 14.8. The molecule has 0 unspecified atom stereocenters. The predicted octanol–water partition coefficient (Wildman–Crippen LogP) is 5.59. The highest BCUT2D eigenvalue weighted by Gasteiger charge is 2.31. The van der Waals surface area contributed by atoms with E-state index < -0.39 is 0 Å². The minimum Gasteiger partial charge on any atom is -0.376 e. The van der Waals surface area contributed by atoms with E-state index in [0.29, 0.717) is 0 Å². The van der Waals surface area contributed by atoms with Gasteiger partial charge in [-0.3, -0.25) is 4.79 Å². The summed E-state index contributed by atoms with van der Waals surface area (Å²) in [5.74, 6) is -0.179. The minimum atomic E-state index is -0.179. The number of nitrogens with one attached hydrogen (secondary N) is 2. The molecule has 5 nitrogen and oxygen atoms in total. The van der Waals surface area contributed by atoms with E-state index in [0.717, 1.165) is 29.8 Å². The van der Waals surface area contributed by atoms with Crippen molar-refractivity contribution in [3.63, 3.8) is 0 Å². The Morgan fingerprint density at radius 3 is 2.50 bits per heavy atom. The monoisotopic (exact) mass is 432 g/mol. The number of anilines is 2. The fourth-order valence-electron chi connectivity index (χ4n) is 4.26. The van der Waals surface area contributed by atoms with Gasteiger partial charge in [-0.2, -0.15) is 5.10 Å². The van der Waals surface area contributed by atoms with Crippen LogP contribution in [0.2, 0.25) is 0 Å². The zero-order valence-electron chi connectivity index (χ0n) is 20.5. The molecule has 3 rings (SSSR count). The van der Waals surface area contributed by atoms with E-state index in [4.69, 9.17) is 0 Å². The van der Waals surface area contributed by atoms with Crippen LogP contribution in [0, 0.1) is 20.8 Å². The lowest BCUT2D eigenvalue weighted by Gasteiger charge is -2.43. The van der Waals surface area contributed by atoms with Crippen LogP contribution in [0.15, 0.2) is 41.5 Å². The Bertz CT molecular complexity index is 1070. The van der Waals surface area contributed by atoms with Crippen LogP contribution in [0.4, 0.5) is 11.4 Å². The number of benzene rings is 2. The molecule has 0 atom stereocenters. The maximum atomic E-state index is 12.2. The Hall–Kier alpha value is -3.08.